The number of hydrogen-bond donors (Lipinski definition) is 3. The highest BCUT2D eigenvalue weighted by Crippen LogP contribution is 2.23. The van der Waals surface area contributed by atoms with Gasteiger partial charge in [-0.2, -0.15) is 0 Å². The molecule has 1 saturated heterocycles. The maximum Gasteiger partial charge on any atom is 0.191 e. The van der Waals surface area contributed by atoms with Gasteiger partial charge in [-0.1, -0.05) is 24.3 Å². The van der Waals surface area contributed by atoms with Crippen LogP contribution in [0.3, 0.4) is 0 Å². The lowest BCUT2D eigenvalue weighted by molar-refractivity contribution is 0.670. The van der Waals surface area contributed by atoms with Crippen LogP contribution in [0.5, 0.6) is 0 Å². The number of fused-ring (bicyclic) bond motifs is 1. The summed E-state index contributed by atoms with van der Waals surface area (Å²) < 4.78 is 0. The molecule has 0 spiro atoms. The lowest BCUT2D eigenvalue weighted by Crippen LogP contribution is -2.39. The van der Waals surface area contributed by atoms with Crippen molar-refractivity contribution >= 4 is 22.7 Å². The van der Waals surface area contributed by atoms with Crippen molar-refractivity contribution in [3.8, 4) is 0 Å². The van der Waals surface area contributed by atoms with Gasteiger partial charge in [-0.3, -0.25) is 4.99 Å². The number of guanidine groups is 1. The third-order valence-corrected chi connectivity index (χ3v) is 5.74. The summed E-state index contributed by atoms with van der Waals surface area (Å²) in [5.74, 6) is 1.87. The van der Waals surface area contributed by atoms with Crippen LogP contribution in [0.2, 0.25) is 0 Å². The van der Waals surface area contributed by atoms with Crippen molar-refractivity contribution in [2.24, 2.45) is 4.99 Å². The average Bonchev–Trinajstić information content (AvgIpc) is 3.45. The molecule has 3 aromatic rings. The van der Waals surface area contributed by atoms with Crippen LogP contribution in [0.1, 0.15) is 43.6 Å². The van der Waals surface area contributed by atoms with E-state index in [0.29, 0.717) is 0 Å². The number of aromatic nitrogens is 2. The molecule has 6 heteroatoms. The maximum absolute atomic E-state index is 4.65. The van der Waals surface area contributed by atoms with Gasteiger partial charge in [0.05, 0.1) is 17.1 Å². The number of para-hydroxylation sites is 2. The Hall–Kier alpha value is -3.02. The Kier molecular flexibility index (Phi) is 6.52. The molecule has 6 nitrogen and oxygen atoms in total. The van der Waals surface area contributed by atoms with Gasteiger partial charge in [-0.05, 0) is 56.0 Å². The minimum Gasteiger partial charge on any atom is -0.372 e. The number of rotatable bonds is 7. The lowest BCUT2D eigenvalue weighted by Gasteiger charge is -2.22. The number of nitrogens with one attached hydrogen (secondary N) is 3. The molecule has 2 aromatic carbocycles. The number of hydrogen-bond acceptors (Lipinski definition) is 3. The number of aryl methyl sites for hydroxylation is 1. The van der Waals surface area contributed by atoms with Crippen LogP contribution >= 0.6 is 0 Å². The summed E-state index contributed by atoms with van der Waals surface area (Å²) in [5, 5.41) is 6.95. The Morgan fingerprint density at radius 2 is 2.00 bits per heavy atom. The number of nitrogens with zero attached hydrogens (tertiary/aromatic N) is 3. The molecule has 2 heterocycles. The van der Waals surface area contributed by atoms with Crippen molar-refractivity contribution in [1.29, 1.82) is 0 Å². The van der Waals surface area contributed by atoms with E-state index >= 15 is 0 Å². The molecule has 1 aliphatic heterocycles. The predicted molar refractivity (Wildman–Crippen MR) is 125 cm³/mol. The molecule has 0 bridgehead atoms. The molecule has 0 amide bonds. The smallest absolute Gasteiger partial charge is 0.191 e. The predicted octanol–water partition coefficient (Wildman–Crippen LogP) is 4.02. The Bertz CT molecular complexity index is 953. The maximum atomic E-state index is 4.65. The number of aromatic amines is 1. The second kappa shape index (κ2) is 9.65. The second-order valence-corrected chi connectivity index (χ2v) is 7.96. The first-order valence-electron chi connectivity index (χ1n) is 11.0. The minimum atomic E-state index is 0.189. The van der Waals surface area contributed by atoms with E-state index in [0.717, 1.165) is 42.2 Å². The van der Waals surface area contributed by atoms with Gasteiger partial charge in [0.15, 0.2) is 5.96 Å². The molecular weight excluding hydrogens is 372 g/mol. The Balaban J connectivity index is 1.26. The van der Waals surface area contributed by atoms with Crippen molar-refractivity contribution in [2.45, 2.75) is 38.6 Å². The molecule has 1 unspecified atom stereocenters. The van der Waals surface area contributed by atoms with Crippen LogP contribution in [0, 0.1) is 0 Å². The van der Waals surface area contributed by atoms with Gasteiger partial charge in [0, 0.05) is 38.8 Å². The third-order valence-electron chi connectivity index (χ3n) is 5.74. The van der Waals surface area contributed by atoms with Gasteiger partial charge in [0.1, 0.15) is 5.82 Å². The van der Waals surface area contributed by atoms with Crippen LogP contribution < -0.4 is 15.5 Å². The van der Waals surface area contributed by atoms with E-state index in [-0.39, 0.29) is 6.04 Å². The van der Waals surface area contributed by atoms with Crippen LogP contribution in [0.25, 0.3) is 11.0 Å². The fraction of sp³-hybridized carbons (Fsp3) is 0.417. The van der Waals surface area contributed by atoms with Crippen LogP contribution in [-0.4, -0.2) is 42.6 Å². The van der Waals surface area contributed by atoms with Crippen molar-refractivity contribution in [2.75, 3.05) is 31.6 Å². The monoisotopic (exact) mass is 404 g/mol. The molecule has 158 valence electrons. The summed E-state index contributed by atoms with van der Waals surface area (Å²) in [6.07, 6.45) is 4.48. The molecule has 3 N–H and O–H groups in total. The summed E-state index contributed by atoms with van der Waals surface area (Å²) in [5.41, 5.74) is 4.74. The summed E-state index contributed by atoms with van der Waals surface area (Å²) in [7, 11) is 1.82. The van der Waals surface area contributed by atoms with Gasteiger partial charge in [-0.15, -0.1) is 0 Å². The molecule has 1 aliphatic rings. The quantitative estimate of drug-likeness (QED) is 0.316. The molecule has 30 heavy (non-hydrogen) atoms. The molecule has 0 aliphatic carbocycles. The van der Waals surface area contributed by atoms with Gasteiger partial charge in [-0.25, -0.2) is 4.98 Å². The first-order valence-corrected chi connectivity index (χ1v) is 11.0. The molecule has 0 radical (unpaired) electrons. The Labute approximate surface area is 178 Å². The Morgan fingerprint density at radius 1 is 1.17 bits per heavy atom. The lowest BCUT2D eigenvalue weighted by atomic mass is 10.1. The first kappa shape index (κ1) is 20.3. The first-order chi connectivity index (χ1) is 14.7. The average molecular weight is 405 g/mol. The summed E-state index contributed by atoms with van der Waals surface area (Å²) in [6.45, 7) is 5.36. The highest BCUT2D eigenvalue weighted by atomic mass is 15.2. The number of benzene rings is 2. The Morgan fingerprint density at radius 3 is 2.80 bits per heavy atom. The van der Waals surface area contributed by atoms with Gasteiger partial charge >= 0.3 is 0 Å². The molecule has 1 atom stereocenters. The van der Waals surface area contributed by atoms with E-state index in [4.69, 9.17) is 0 Å². The van der Waals surface area contributed by atoms with E-state index in [1.165, 1.54) is 37.2 Å². The normalized spacial score (nSPS) is 15.5. The largest absolute Gasteiger partial charge is 0.372 e. The fourth-order valence-corrected chi connectivity index (χ4v) is 4.04. The van der Waals surface area contributed by atoms with Crippen molar-refractivity contribution < 1.29 is 0 Å². The zero-order valence-corrected chi connectivity index (χ0v) is 18.0. The third kappa shape index (κ3) is 4.93. The number of H-pyrrole nitrogens is 1. The second-order valence-electron chi connectivity index (χ2n) is 7.96. The van der Waals surface area contributed by atoms with E-state index in [9.17, 15) is 0 Å². The molecule has 1 fully saturated rings. The number of anilines is 1. The number of aliphatic imine (C=N–C) groups is 1. The SMILES string of the molecule is CN=C(NCCCc1nc2ccccc2[nH]1)NC(C)c1cccc(N2CCCC2)c1. The van der Waals surface area contributed by atoms with E-state index in [1.54, 1.807) is 0 Å². The van der Waals surface area contributed by atoms with Gasteiger partial charge in [0.25, 0.3) is 0 Å². The van der Waals surface area contributed by atoms with Gasteiger partial charge < -0.3 is 20.5 Å². The van der Waals surface area contributed by atoms with Crippen LogP contribution in [0.4, 0.5) is 5.69 Å². The highest BCUT2D eigenvalue weighted by Gasteiger charge is 2.14. The molecular formula is C24H32N6. The summed E-state index contributed by atoms with van der Waals surface area (Å²) in [6, 6.07) is 17.2. The van der Waals surface area contributed by atoms with E-state index < -0.39 is 0 Å². The summed E-state index contributed by atoms with van der Waals surface area (Å²) in [4.78, 5) is 14.9. The standard InChI is InChI=1S/C24H32N6/c1-18(19-9-7-10-20(17-19)30-15-5-6-16-30)27-24(25-2)26-14-8-13-23-28-21-11-3-4-12-22(21)29-23/h3-4,7,9-12,17-18H,5-6,8,13-16H2,1-2H3,(H,28,29)(H2,25,26,27). The van der Waals surface area contributed by atoms with Crippen molar-refractivity contribution in [1.82, 2.24) is 20.6 Å². The van der Waals surface area contributed by atoms with Crippen molar-refractivity contribution in [3.05, 3.63) is 59.9 Å². The van der Waals surface area contributed by atoms with Gasteiger partial charge in [0.2, 0.25) is 0 Å². The highest BCUT2D eigenvalue weighted by molar-refractivity contribution is 5.80. The molecule has 4 rings (SSSR count). The van der Waals surface area contributed by atoms with E-state index in [2.05, 4.69) is 67.7 Å². The summed E-state index contributed by atoms with van der Waals surface area (Å²) >= 11 is 0. The number of imidazole rings is 1. The minimum absolute atomic E-state index is 0.189. The zero-order chi connectivity index (χ0) is 20.8. The fourth-order valence-electron chi connectivity index (χ4n) is 4.04. The van der Waals surface area contributed by atoms with E-state index in [1.807, 2.05) is 25.2 Å². The van der Waals surface area contributed by atoms with Crippen molar-refractivity contribution in [3.63, 3.8) is 0 Å². The van der Waals surface area contributed by atoms with Crippen LogP contribution in [0.15, 0.2) is 53.5 Å². The topological polar surface area (TPSA) is 68.3 Å². The zero-order valence-electron chi connectivity index (χ0n) is 18.0. The molecule has 0 saturated carbocycles. The van der Waals surface area contributed by atoms with Crippen LogP contribution in [-0.2, 0) is 6.42 Å². The molecule has 1 aromatic heterocycles.